The van der Waals surface area contributed by atoms with E-state index in [4.69, 9.17) is 0 Å². The normalized spacial score (nSPS) is 15.5. The zero-order valence-corrected chi connectivity index (χ0v) is 15.9. The molecule has 4 nitrogen and oxygen atoms in total. The summed E-state index contributed by atoms with van der Waals surface area (Å²) in [6.07, 6.45) is 4.00. The van der Waals surface area contributed by atoms with Crippen LogP contribution in [-0.2, 0) is 0 Å². The first-order valence-corrected chi connectivity index (χ1v) is 9.24. The monoisotopic (exact) mass is 349 g/mol. The lowest BCUT2D eigenvalue weighted by Crippen LogP contribution is -2.44. The third-order valence-corrected chi connectivity index (χ3v) is 5.10. The summed E-state index contributed by atoms with van der Waals surface area (Å²) in [4.78, 5) is 21.2. The van der Waals surface area contributed by atoms with Crippen molar-refractivity contribution in [3.63, 3.8) is 0 Å². The number of hydrogen-bond donors (Lipinski definition) is 0. The summed E-state index contributed by atoms with van der Waals surface area (Å²) in [6, 6.07) is 16.4. The van der Waals surface area contributed by atoms with Gasteiger partial charge in [0, 0.05) is 25.8 Å². The molecule has 0 bridgehead atoms. The first kappa shape index (κ1) is 18.2. The molecule has 0 radical (unpaired) electrons. The van der Waals surface area contributed by atoms with Gasteiger partial charge in [0.05, 0.1) is 11.7 Å². The molecule has 1 saturated heterocycles. The highest BCUT2D eigenvalue weighted by molar-refractivity contribution is 5.75. The van der Waals surface area contributed by atoms with Crippen LogP contribution in [0.15, 0.2) is 54.1 Å². The Labute approximate surface area is 156 Å². The van der Waals surface area contributed by atoms with Crippen molar-refractivity contribution in [2.45, 2.75) is 32.7 Å². The fraction of sp³-hybridized carbons (Fsp3) is 0.364. The molecule has 0 saturated carbocycles. The predicted molar refractivity (Wildman–Crippen MR) is 106 cm³/mol. The van der Waals surface area contributed by atoms with Crippen LogP contribution >= 0.6 is 0 Å². The zero-order valence-electron chi connectivity index (χ0n) is 15.9. The van der Waals surface area contributed by atoms with Crippen LogP contribution < -0.4 is 0 Å². The number of hydrogen-bond acceptors (Lipinski definition) is 2. The van der Waals surface area contributed by atoms with Crippen molar-refractivity contribution in [3.8, 4) is 0 Å². The molecule has 1 aliphatic rings. The van der Waals surface area contributed by atoms with Gasteiger partial charge < -0.3 is 9.80 Å². The molecule has 1 aliphatic heterocycles. The van der Waals surface area contributed by atoms with Crippen molar-refractivity contribution >= 4 is 12.1 Å². The van der Waals surface area contributed by atoms with Gasteiger partial charge in [0.1, 0.15) is 0 Å². The van der Waals surface area contributed by atoms with Gasteiger partial charge in [0.25, 0.3) is 0 Å². The maximum absolute atomic E-state index is 12.8. The maximum atomic E-state index is 12.8. The third-order valence-electron chi connectivity index (χ3n) is 5.10. The number of aryl methyl sites for hydroxylation is 1. The van der Waals surface area contributed by atoms with E-state index in [1.807, 2.05) is 60.2 Å². The van der Waals surface area contributed by atoms with Crippen LogP contribution in [0.5, 0.6) is 0 Å². The lowest BCUT2D eigenvalue weighted by Gasteiger charge is -2.35. The molecule has 1 aromatic heterocycles. The van der Waals surface area contributed by atoms with Crippen molar-refractivity contribution in [1.82, 2.24) is 14.8 Å². The molecule has 1 unspecified atom stereocenters. The van der Waals surface area contributed by atoms with Crippen molar-refractivity contribution in [2.75, 3.05) is 20.1 Å². The number of amides is 2. The minimum Gasteiger partial charge on any atom is -0.324 e. The predicted octanol–water partition coefficient (Wildman–Crippen LogP) is 4.68. The van der Waals surface area contributed by atoms with Gasteiger partial charge in [0.15, 0.2) is 0 Å². The number of benzene rings is 1. The van der Waals surface area contributed by atoms with Gasteiger partial charge in [-0.05, 0) is 50.5 Å². The summed E-state index contributed by atoms with van der Waals surface area (Å²) >= 11 is 0. The van der Waals surface area contributed by atoms with Crippen molar-refractivity contribution in [3.05, 3.63) is 71.1 Å². The van der Waals surface area contributed by atoms with Gasteiger partial charge in [-0.15, -0.1) is 0 Å². The summed E-state index contributed by atoms with van der Waals surface area (Å²) in [6.45, 7) is 5.61. The summed E-state index contributed by atoms with van der Waals surface area (Å²) in [5, 5.41) is 0. The third kappa shape index (κ3) is 4.31. The second-order valence-electron chi connectivity index (χ2n) is 6.97. The molecule has 26 heavy (non-hydrogen) atoms. The average molecular weight is 349 g/mol. The minimum atomic E-state index is 0.0668. The Morgan fingerprint density at radius 1 is 1.12 bits per heavy atom. The van der Waals surface area contributed by atoms with Crippen LogP contribution in [0.25, 0.3) is 6.08 Å². The van der Waals surface area contributed by atoms with Crippen LogP contribution in [0.2, 0.25) is 0 Å². The number of likely N-dealkylation sites (tertiary alicyclic amines) is 1. The van der Waals surface area contributed by atoms with Gasteiger partial charge in [-0.25, -0.2) is 4.79 Å². The van der Waals surface area contributed by atoms with E-state index >= 15 is 0 Å². The van der Waals surface area contributed by atoms with E-state index in [0.29, 0.717) is 0 Å². The molecular formula is C22H27N3O. The van der Waals surface area contributed by atoms with Crippen LogP contribution in [0, 0.1) is 6.92 Å². The number of carbonyl (C=O) groups is 1. The molecule has 2 heterocycles. The highest BCUT2D eigenvalue weighted by Crippen LogP contribution is 2.23. The molecule has 0 N–H and O–H groups in total. The van der Waals surface area contributed by atoms with Crippen molar-refractivity contribution < 1.29 is 4.79 Å². The van der Waals surface area contributed by atoms with Gasteiger partial charge in [-0.2, -0.15) is 0 Å². The number of aromatic nitrogens is 1. The summed E-state index contributed by atoms with van der Waals surface area (Å²) < 4.78 is 0. The lowest BCUT2D eigenvalue weighted by atomic mass is 10.0. The Balaban J connectivity index is 1.59. The Morgan fingerprint density at radius 3 is 2.46 bits per heavy atom. The largest absolute Gasteiger partial charge is 0.324 e. The van der Waals surface area contributed by atoms with Gasteiger partial charge in [-0.3, -0.25) is 4.98 Å². The van der Waals surface area contributed by atoms with Crippen LogP contribution in [0.1, 0.15) is 42.8 Å². The summed E-state index contributed by atoms with van der Waals surface area (Å²) in [7, 11) is 1.89. The summed E-state index contributed by atoms with van der Waals surface area (Å²) in [5.41, 5.74) is 4.57. The van der Waals surface area contributed by atoms with E-state index in [0.717, 1.165) is 42.9 Å². The van der Waals surface area contributed by atoms with Gasteiger partial charge in [0.2, 0.25) is 0 Å². The molecular weight excluding hydrogens is 322 g/mol. The minimum absolute atomic E-state index is 0.0668. The van der Waals surface area contributed by atoms with E-state index in [9.17, 15) is 4.79 Å². The highest BCUT2D eigenvalue weighted by Gasteiger charge is 2.25. The first-order chi connectivity index (χ1) is 12.5. The molecule has 2 amide bonds. The SMILES string of the molecule is Cc1cccc(C=C2CCN(C(=O)N(C)C(C)c3ccccc3)CC2)n1. The first-order valence-electron chi connectivity index (χ1n) is 9.24. The Hall–Kier alpha value is -2.62. The molecule has 136 valence electrons. The van der Waals surface area contributed by atoms with E-state index < -0.39 is 0 Å². The lowest BCUT2D eigenvalue weighted by molar-refractivity contribution is 0.146. The van der Waals surface area contributed by atoms with Gasteiger partial charge >= 0.3 is 6.03 Å². The van der Waals surface area contributed by atoms with Crippen molar-refractivity contribution in [2.24, 2.45) is 0 Å². The smallest absolute Gasteiger partial charge is 0.320 e. The average Bonchev–Trinajstić information content (AvgIpc) is 2.67. The Bertz CT molecular complexity index is 775. The van der Waals surface area contributed by atoms with Crippen LogP contribution in [-0.4, -0.2) is 41.0 Å². The summed E-state index contributed by atoms with van der Waals surface area (Å²) in [5.74, 6) is 0. The van der Waals surface area contributed by atoms with Crippen LogP contribution in [0.3, 0.4) is 0 Å². The molecule has 1 aromatic carbocycles. The quantitative estimate of drug-likeness (QED) is 0.806. The van der Waals surface area contributed by atoms with Crippen LogP contribution in [0.4, 0.5) is 4.79 Å². The van der Waals surface area contributed by atoms with Crippen molar-refractivity contribution in [1.29, 1.82) is 0 Å². The molecule has 4 heteroatoms. The van der Waals surface area contributed by atoms with E-state index in [1.54, 1.807) is 0 Å². The standard InChI is InChI=1S/C22H27N3O/c1-17-8-7-11-21(23-17)16-19-12-14-25(15-13-19)22(26)24(3)18(2)20-9-5-4-6-10-20/h4-11,16,18H,12-15H2,1-3H3. The molecule has 1 atom stereocenters. The van der Waals surface area contributed by atoms with E-state index in [-0.39, 0.29) is 12.1 Å². The maximum Gasteiger partial charge on any atom is 0.320 e. The second-order valence-corrected chi connectivity index (χ2v) is 6.97. The highest BCUT2D eigenvalue weighted by atomic mass is 16.2. The topological polar surface area (TPSA) is 36.4 Å². The molecule has 3 rings (SSSR count). The molecule has 2 aromatic rings. The number of nitrogens with zero attached hydrogens (tertiary/aromatic N) is 3. The molecule has 1 fully saturated rings. The fourth-order valence-corrected chi connectivity index (χ4v) is 3.33. The zero-order chi connectivity index (χ0) is 18.5. The number of carbonyl (C=O) groups excluding carboxylic acids is 1. The second kappa shape index (κ2) is 8.17. The molecule has 0 spiro atoms. The van der Waals surface area contributed by atoms with E-state index in [1.165, 1.54) is 5.57 Å². The fourth-order valence-electron chi connectivity index (χ4n) is 3.33. The number of piperidine rings is 1. The Kier molecular flexibility index (Phi) is 5.71. The Morgan fingerprint density at radius 2 is 1.81 bits per heavy atom. The molecule has 0 aliphatic carbocycles. The number of urea groups is 1. The number of pyridine rings is 1. The van der Waals surface area contributed by atoms with Gasteiger partial charge in [-0.1, -0.05) is 42.0 Å². The van der Waals surface area contributed by atoms with E-state index in [2.05, 4.69) is 30.1 Å². The number of rotatable bonds is 3.